The lowest BCUT2D eigenvalue weighted by molar-refractivity contribution is 0.0727. The fourth-order valence-corrected chi connectivity index (χ4v) is 4.02. The molecule has 3 heterocycles. The lowest BCUT2D eigenvalue weighted by Gasteiger charge is -2.28. The van der Waals surface area contributed by atoms with Crippen LogP contribution in [0.3, 0.4) is 0 Å². The van der Waals surface area contributed by atoms with Crippen LogP contribution in [0.5, 0.6) is 0 Å². The molecule has 0 fully saturated rings. The molecule has 142 valence electrons. The topological polar surface area (TPSA) is 67.2 Å². The quantitative estimate of drug-likeness (QED) is 0.904. The second-order valence-electron chi connectivity index (χ2n) is 7.34. The van der Waals surface area contributed by atoms with Crippen LogP contribution in [0.1, 0.15) is 64.1 Å². The van der Waals surface area contributed by atoms with Gasteiger partial charge in [0.2, 0.25) is 0 Å². The van der Waals surface area contributed by atoms with Crippen LogP contribution >= 0.6 is 0 Å². The summed E-state index contributed by atoms with van der Waals surface area (Å²) in [6.45, 7) is 4.70. The Morgan fingerprint density at radius 2 is 1.93 bits per heavy atom. The SMILES string of the molecule is CCCNC(=O)c1nc(C(=O)N2CCc3ccccc3C2)c2n1CCCC2. The number of amides is 2. The third-order valence-electron chi connectivity index (χ3n) is 5.48. The van der Waals surface area contributed by atoms with Crippen LogP contribution in [-0.2, 0) is 25.9 Å². The number of hydrogen-bond acceptors (Lipinski definition) is 3. The average Bonchev–Trinajstić information content (AvgIpc) is 3.11. The smallest absolute Gasteiger partial charge is 0.287 e. The van der Waals surface area contributed by atoms with E-state index in [1.54, 1.807) is 0 Å². The molecule has 1 N–H and O–H groups in total. The van der Waals surface area contributed by atoms with Gasteiger partial charge in [0, 0.05) is 26.2 Å². The second-order valence-corrected chi connectivity index (χ2v) is 7.34. The minimum absolute atomic E-state index is 0.0512. The summed E-state index contributed by atoms with van der Waals surface area (Å²) in [6.07, 6.45) is 4.59. The van der Waals surface area contributed by atoms with Crippen molar-refractivity contribution >= 4 is 11.8 Å². The maximum absolute atomic E-state index is 13.2. The standard InChI is InChI=1S/C21H26N4O2/c1-2-11-22-20(26)19-23-18(17-9-5-6-12-25(17)19)21(27)24-13-10-15-7-3-4-8-16(15)14-24/h3-4,7-8H,2,5-6,9-14H2,1H3,(H,22,26). The fourth-order valence-electron chi connectivity index (χ4n) is 4.02. The van der Waals surface area contributed by atoms with Crippen molar-refractivity contribution in [3.05, 3.63) is 52.6 Å². The van der Waals surface area contributed by atoms with Crippen LogP contribution in [0, 0.1) is 0 Å². The minimum Gasteiger partial charge on any atom is -0.349 e. The Morgan fingerprint density at radius 1 is 1.11 bits per heavy atom. The van der Waals surface area contributed by atoms with Gasteiger partial charge in [0.15, 0.2) is 5.82 Å². The zero-order valence-corrected chi connectivity index (χ0v) is 15.8. The molecule has 0 atom stereocenters. The van der Waals surface area contributed by atoms with Gasteiger partial charge in [-0.1, -0.05) is 31.2 Å². The summed E-state index contributed by atoms with van der Waals surface area (Å²) in [4.78, 5) is 32.2. The van der Waals surface area contributed by atoms with Gasteiger partial charge < -0.3 is 14.8 Å². The van der Waals surface area contributed by atoms with Crippen molar-refractivity contribution in [1.82, 2.24) is 19.8 Å². The molecule has 0 saturated heterocycles. The van der Waals surface area contributed by atoms with Crippen molar-refractivity contribution in [1.29, 1.82) is 0 Å². The number of hydrogen-bond donors (Lipinski definition) is 1. The Balaban J connectivity index is 1.62. The van der Waals surface area contributed by atoms with E-state index in [4.69, 9.17) is 0 Å². The molecule has 2 amide bonds. The highest BCUT2D eigenvalue weighted by molar-refractivity contribution is 5.97. The molecule has 6 heteroatoms. The molecule has 2 aliphatic heterocycles. The summed E-state index contributed by atoms with van der Waals surface area (Å²) in [7, 11) is 0. The first-order valence-corrected chi connectivity index (χ1v) is 9.92. The first kappa shape index (κ1) is 17.8. The van der Waals surface area contributed by atoms with Crippen LogP contribution in [0.2, 0.25) is 0 Å². The highest BCUT2D eigenvalue weighted by atomic mass is 16.2. The Morgan fingerprint density at radius 3 is 2.74 bits per heavy atom. The van der Waals surface area contributed by atoms with Gasteiger partial charge in [-0.2, -0.15) is 0 Å². The van der Waals surface area contributed by atoms with Crippen LogP contribution in [0.25, 0.3) is 0 Å². The molecule has 0 unspecified atom stereocenters. The highest BCUT2D eigenvalue weighted by Crippen LogP contribution is 2.25. The summed E-state index contributed by atoms with van der Waals surface area (Å²) in [6, 6.07) is 8.28. The van der Waals surface area contributed by atoms with Gasteiger partial charge in [-0.3, -0.25) is 9.59 Å². The lowest BCUT2D eigenvalue weighted by Crippen LogP contribution is -2.36. The average molecular weight is 366 g/mol. The van der Waals surface area contributed by atoms with E-state index >= 15 is 0 Å². The molecule has 1 aromatic carbocycles. The molecule has 0 bridgehead atoms. The normalized spacial score (nSPS) is 15.8. The number of imidazole rings is 1. The predicted octanol–water partition coefficient (Wildman–Crippen LogP) is 2.56. The van der Waals surface area contributed by atoms with Crippen molar-refractivity contribution in [2.45, 2.75) is 52.1 Å². The van der Waals surface area contributed by atoms with E-state index in [2.05, 4.69) is 22.4 Å². The Hall–Kier alpha value is -2.63. The molecule has 0 spiro atoms. The predicted molar refractivity (Wildman–Crippen MR) is 103 cm³/mol. The van der Waals surface area contributed by atoms with Crippen molar-refractivity contribution in [3.8, 4) is 0 Å². The maximum Gasteiger partial charge on any atom is 0.287 e. The molecule has 6 nitrogen and oxygen atoms in total. The fraction of sp³-hybridized carbons (Fsp3) is 0.476. The zero-order chi connectivity index (χ0) is 18.8. The van der Waals surface area contributed by atoms with Crippen molar-refractivity contribution in [2.24, 2.45) is 0 Å². The van der Waals surface area contributed by atoms with E-state index in [1.165, 1.54) is 11.1 Å². The van der Waals surface area contributed by atoms with E-state index in [0.717, 1.165) is 44.3 Å². The molecule has 0 aliphatic carbocycles. The van der Waals surface area contributed by atoms with E-state index in [0.29, 0.717) is 31.2 Å². The minimum atomic E-state index is -0.178. The molecule has 27 heavy (non-hydrogen) atoms. The van der Waals surface area contributed by atoms with Crippen LogP contribution < -0.4 is 5.32 Å². The summed E-state index contributed by atoms with van der Waals surface area (Å²) in [5.41, 5.74) is 3.90. The number of nitrogens with one attached hydrogen (secondary N) is 1. The van der Waals surface area contributed by atoms with Crippen molar-refractivity contribution in [2.75, 3.05) is 13.1 Å². The van der Waals surface area contributed by atoms with Gasteiger partial charge in [-0.15, -0.1) is 0 Å². The summed E-state index contributed by atoms with van der Waals surface area (Å²) in [5, 5.41) is 2.90. The van der Waals surface area contributed by atoms with Gasteiger partial charge in [-0.25, -0.2) is 4.98 Å². The zero-order valence-electron chi connectivity index (χ0n) is 15.8. The third kappa shape index (κ3) is 3.36. The third-order valence-corrected chi connectivity index (χ3v) is 5.48. The summed E-state index contributed by atoms with van der Waals surface area (Å²) < 4.78 is 1.96. The van der Waals surface area contributed by atoms with Crippen LogP contribution in [-0.4, -0.2) is 39.4 Å². The maximum atomic E-state index is 13.2. The number of aromatic nitrogens is 2. The Bertz CT molecular complexity index is 871. The number of nitrogens with zero attached hydrogens (tertiary/aromatic N) is 3. The molecule has 1 aromatic heterocycles. The molecule has 4 rings (SSSR count). The highest BCUT2D eigenvalue weighted by Gasteiger charge is 2.31. The van der Waals surface area contributed by atoms with Gasteiger partial charge >= 0.3 is 0 Å². The monoisotopic (exact) mass is 366 g/mol. The van der Waals surface area contributed by atoms with Gasteiger partial charge in [0.1, 0.15) is 5.69 Å². The summed E-state index contributed by atoms with van der Waals surface area (Å²) in [5.74, 6) is 0.159. The number of carbonyl (C=O) groups excluding carboxylic acids is 2. The first-order chi connectivity index (χ1) is 13.2. The first-order valence-electron chi connectivity index (χ1n) is 9.92. The van der Waals surface area contributed by atoms with E-state index in [9.17, 15) is 9.59 Å². The number of carbonyl (C=O) groups is 2. The van der Waals surface area contributed by atoms with Crippen molar-refractivity contribution in [3.63, 3.8) is 0 Å². The van der Waals surface area contributed by atoms with E-state index < -0.39 is 0 Å². The number of rotatable bonds is 4. The Labute approximate surface area is 159 Å². The molecular weight excluding hydrogens is 340 g/mol. The van der Waals surface area contributed by atoms with Gasteiger partial charge in [0.25, 0.3) is 11.8 Å². The van der Waals surface area contributed by atoms with Crippen molar-refractivity contribution < 1.29 is 9.59 Å². The lowest BCUT2D eigenvalue weighted by atomic mass is 9.99. The Kier molecular flexibility index (Phi) is 4.97. The number of fused-ring (bicyclic) bond motifs is 2. The van der Waals surface area contributed by atoms with Crippen LogP contribution in [0.4, 0.5) is 0 Å². The molecule has 0 radical (unpaired) electrons. The van der Waals surface area contributed by atoms with Gasteiger partial charge in [0.05, 0.1) is 5.69 Å². The van der Waals surface area contributed by atoms with E-state index in [1.807, 2.05) is 28.5 Å². The van der Waals surface area contributed by atoms with Gasteiger partial charge in [-0.05, 0) is 43.2 Å². The summed E-state index contributed by atoms with van der Waals surface area (Å²) >= 11 is 0. The molecule has 2 aliphatic rings. The largest absolute Gasteiger partial charge is 0.349 e. The molecule has 0 saturated carbocycles. The second kappa shape index (κ2) is 7.55. The molecular formula is C21H26N4O2. The van der Waals surface area contributed by atoms with E-state index in [-0.39, 0.29) is 11.8 Å². The molecule has 2 aromatic rings. The van der Waals surface area contributed by atoms with Crippen LogP contribution in [0.15, 0.2) is 24.3 Å². The number of benzene rings is 1.